The van der Waals surface area contributed by atoms with Gasteiger partial charge in [-0.15, -0.1) is 5.10 Å². The van der Waals surface area contributed by atoms with Crippen molar-refractivity contribution < 1.29 is 28.3 Å². The summed E-state index contributed by atoms with van der Waals surface area (Å²) in [5.74, 6) is -1.83. The molecule has 4 aromatic rings. The van der Waals surface area contributed by atoms with Crippen LogP contribution in [-0.4, -0.2) is 41.3 Å². The molecule has 3 heterocycles. The number of nitrogens with zero attached hydrogens (tertiary/aromatic N) is 4. The molecular formula is C24H15IN4O6. The molecule has 0 radical (unpaired) electrons. The smallest absolute Gasteiger partial charge is 0.347 e. The normalized spacial score (nSPS) is 12.3. The van der Waals surface area contributed by atoms with Crippen molar-refractivity contribution in [2.24, 2.45) is 0 Å². The van der Waals surface area contributed by atoms with Gasteiger partial charge in [0.25, 0.3) is 0 Å². The fourth-order valence-electron chi connectivity index (χ4n) is 3.80. The molecule has 3 aromatic heterocycles. The number of aryl methyl sites for hydroxylation is 2. The van der Waals surface area contributed by atoms with Gasteiger partial charge in [-0.25, -0.2) is 4.79 Å². The molecule has 0 saturated carbocycles. The van der Waals surface area contributed by atoms with Crippen LogP contribution in [0.4, 0.5) is 0 Å². The Morgan fingerprint density at radius 1 is 1.14 bits per heavy atom. The Kier molecular flexibility index (Phi) is 5.84. The minimum absolute atomic E-state index is 0.0183. The summed E-state index contributed by atoms with van der Waals surface area (Å²) < 4.78 is 12.6. The molecule has 0 spiro atoms. The fraction of sp³-hybridized carbons (Fsp3) is 0.125. The van der Waals surface area contributed by atoms with E-state index in [9.17, 15) is 19.2 Å². The number of esters is 1. The summed E-state index contributed by atoms with van der Waals surface area (Å²) in [4.78, 5) is 54.2. The van der Waals surface area contributed by atoms with Gasteiger partial charge in [-0.1, -0.05) is 17.3 Å². The number of halogens is 1. The number of pyridine rings is 1. The second-order valence-electron chi connectivity index (χ2n) is 7.68. The SMILES string of the molecule is Cc1oc2c(c1C(=O)Oc1cccc(-c3cn(CCC(=O)I)nn3)c1)C(=O)c1ncccc1C2=O. The van der Waals surface area contributed by atoms with Crippen LogP contribution in [0, 0.1) is 6.92 Å². The van der Waals surface area contributed by atoms with E-state index in [0.717, 1.165) is 0 Å². The van der Waals surface area contributed by atoms with Gasteiger partial charge in [0.05, 0.1) is 23.9 Å². The molecule has 5 rings (SSSR count). The highest BCUT2D eigenvalue weighted by Gasteiger charge is 2.39. The lowest BCUT2D eigenvalue weighted by atomic mass is 9.90. The highest BCUT2D eigenvalue weighted by Crippen LogP contribution is 2.33. The number of hydrogen-bond acceptors (Lipinski definition) is 9. The molecule has 0 bridgehead atoms. The van der Waals surface area contributed by atoms with E-state index in [1.165, 1.54) is 19.2 Å². The summed E-state index contributed by atoms with van der Waals surface area (Å²) in [6.45, 7) is 1.89. The first-order valence-corrected chi connectivity index (χ1v) is 11.5. The van der Waals surface area contributed by atoms with E-state index in [1.807, 2.05) is 0 Å². The third kappa shape index (κ3) is 4.18. The number of aromatic nitrogens is 4. The number of ether oxygens (including phenoxy) is 1. The molecule has 0 N–H and O–H groups in total. The molecule has 11 heteroatoms. The molecule has 1 aliphatic carbocycles. The molecular weight excluding hydrogens is 567 g/mol. The van der Waals surface area contributed by atoms with Gasteiger partial charge in [-0.05, 0) is 53.8 Å². The van der Waals surface area contributed by atoms with Crippen molar-refractivity contribution >= 4 is 43.9 Å². The predicted molar refractivity (Wildman–Crippen MR) is 129 cm³/mol. The van der Waals surface area contributed by atoms with Crippen molar-refractivity contribution in [3.8, 4) is 17.0 Å². The maximum absolute atomic E-state index is 13.1. The van der Waals surface area contributed by atoms with Crippen LogP contribution in [0.15, 0.2) is 53.2 Å². The number of carbonyl (C=O) groups excluding carboxylic acids is 4. The zero-order valence-corrected chi connectivity index (χ0v) is 20.3. The van der Waals surface area contributed by atoms with Crippen LogP contribution >= 0.6 is 22.6 Å². The summed E-state index contributed by atoms with van der Waals surface area (Å²) in [7, 11) is 0. The summed E-state index contributed by atoms with van der Waals surface area (Å²) in [5.41, 5.74) is 1.00. The number of fused-ring (bicyclic) bond motifs is 2. The Balaban J connectivity index is 1.42. The highest BCUT2D eigenvalue weighted by molar-refractivity contribution is 14.1. The molecule has 1 aliphatic rings. The first-order chi connectivity index (χ1) is 16.8. The van der Waals surface area contributed by atoms with Gasteiger partial charge in [-0.3, -0.25) is 24.0 Å². The van der Waals surface area contributed by atoms with E-state index in [-0.39, 0.29) is 43.4 Å². The van der Waals surface area contributed by atoms with Crippen LogP contribution in [0.2, 0.25) is 0 Å². The summed E-state index contributed by atoms with van der Waals surface area (Å²) in [5, 5.41) is 8.11. The van der Waals surface area contributed by atoms with Gasteiger partial charge in [-0.2, -0.15) is 0 Å². The van der Waals surface area contributed by atoms with Gasteiger partial charge in [0.2, 0.25) is 11.6 Å². The molecule has 10 nitrogen and oxygen atoms in total. The standard InChI is InChI=1S/C24H15IN4O6/c1-12-18(19-22(32)20-15(6-3-8-26-20)21(31)23(19)34-12)24(33)35-14-5-2-4-13(10-14)16-11-29(28-27-16)9-7-17(25)30/h2-6,8,10-11H,7,9H2,1H3. The average molecular weight is 582 g/mol. The Morgan fingerprint density at radius 3 is 2.77 bits per heavy atom. The van der Waals surface area contributed by atoms with E-state index < -0.39 is 17.5 Å². The lowest BCUT2D eigenvalue weighted by Crippen LogP contribution is -2.23. The minimum Gasteiger partial charge on any atom is -0.456 e. The number of carbonyl (C=O) groups is 4. The largest absolute Gasteiger partial charge is 0.456 e. The number of hydrogen-bond donors (Lipinski definition) is 0. The third-order valence-corrected chi connectivity index (χ3v) is 5.94. The van der Waals surface area contributed by atoms with Gasteiger partial charge in [0, 0.05) is 18.2 Å². The molecule has 174 valence electrons. The lowest BCUT2D eigenvalue weighted by molar-refractivity contribution is -0.109. The van der Waals surface area contributed by atoms with Crippen LogP contribution in [0.25, 0.3) is 11.3 Å². The van der Waals surface area contributed by atoms with Gasteiger partial charge in [0.1, 0.15) is 28.5 Å². The third-order valence-electron chi connectivity index (χ3n) is 5.41. The van der Waals surface area contributed by atoms with Crippen molar-refractivity contribution in [1.29, 1.82) is 0 Å². The Morgan fingerprint density at radius 2 is 1.97 bits per heavy atom. The summed E-state index contributed by atoms with van der Waals surface area (Å²) >= 11 is 1.73. The Labute approximate surface area is 211 Å². The minimum atomic E-state index is -0.839. The van der Waals surface area contributed by atoms with Crippen molar-refractivity contribution in [1.82, 2.24) is 20.0 Å². The van der Waals surface area contributed by atoms with Gasteiger partial charge >= 0.3 is 5.97 Å². The molecule has 0 saturated heterocycles. The summed E-state index contributed by atoms with van der Waals surface area (Å²) in [6, 6.07) is 9.66. The quantitative estimate of drug-likeness (QED) is 0.127. The molecule has 0 aliphatic heterocycles. The number of benzene rings is 1. The van der Waals surface area contributed by atoms with Crippen LogP contribution in [0.5, 0.6) is 5.75 Å². The van der Waals surface area contributed by atoms with Crippen molar-refractivity contribution in [3.05, 3.63) is 82.7 Å². The molecule has 1 aromatic carbocycles. The Hall–Kier alpha value is -4.00. The van der Waals surface area contributed by atoms with E-state index in [1.54, 1.807) is 63.8 Å². The molecule has 0 atom stereocenters. The number of ketones is 2. The summed E-state index contributed by atoms with van der Waals surface area (Å²) in [6.07, 6.45) is 3.42. The van der Waals surface area contributed by atoms with E-state index in [4.69, 9.17) is 9.15 Å². The van der Waals surface area contributed by atoms with Crippen LogP contribution in [0.1, 0.15) is 54.7 Å². The molecule has 0 amide bonds. The first kappa shape index (κ1) is 22.8. The van der Waals surface area contributed by atoms with Crippen molar-refractivity contribution in [2.45, 2.75) is 19.9 Å². The maximum atomic E-state index is 13.1. The van der Waals surface area contributed by atoms with Gasteiger partial charge < -0.3 is 9.15 Å². The lowest BCUT2D eigenvalue weighted by Gasteiger charge is -2.12. The zero-order chi connectivity index (χ0) is 24.7. The fourth-order valence-corrected chi connectivity index (χ4v) is 4.04. The zero-order valence-electron chi connectivity index (χ0n) is 18.1. The molecule has 0 unspecified atom stereocenters. The molecule has 0 fully saturated rings. The first-order valence-electron chi connectivity index (χ1n) is 10.4. The average Bonchev–Trinajstić information content (AvgIpc) is 3.46. The number of rotatable bonds is 6. The van der Waals surface area contributed by atoms with E-state index >= 15 is 0 Å². The predicted octanol–water partition coefficient (Wildman–Crippen LogP) is 3.59. The topological polar surface area (TPSA) is 134 Å². The Bertz CT molecular complexity index is 1540. The van der Waals surface area contributed by atoms with Crippen molar-refractivity contribution in [3.63, 3.8) is 0 Å². The van der Waals surface area contributed by atoms with Crippen LogP contribution < -0.4 is 4.74 Å². The molecule has 35 heavy (non-hydrogen) atoms. The second kappa shape index (κ2) is 8.98. The van der Waals surface area contributed by atoms with Gasteiger partial charge in [0.15, 0.2) is 9.55 Å². The maximum Gasteiger partial charge on any atom is 0.347 e. The van der Waals surface area contributed by atoms with Crippen LogP contribution in [-0.2, 0) is 11.3 Å². The van der Waals surface area contributed by atoms with E-state index in [2.05, 4.69) is 15.3 Å². The van der Waals surface area contributed by atoms with Crippen LogP contribution in [0.3, 0.4) is 0 Å². The van der Waals surface area contributed by atoms with Crippen molar-refractivity contribution in [2.75, 3.05) is 0 Å². The monoisotopic (exact) mass is 582 g/mol. The second-order valence-corrected chi connectivity index (χ2v) is 8.89. The number of furan rings is 1. The van der Waals surface area contributed by atoms with E-state index in [0.29, 0.717) is 24.2 Å². The highest BCUT2D eigenvalue weighted by atomic mass is 127.